The number of carbonyl (C=O) groups is 1. The van der Waals surface area contributed by atoms with Crippen molar-refractivity contribution < 1.29 is 4.79 Å². The molecule has 0 radical (unpaired) electrons. The van der Waals surface area contributed by atoms with E-state index in [1.807, 2.05) is 0 Å². The zero-order chi connectivity index (χ0) is 14.0. The second-order valence-electron chi connectivity index (χ2n) is 3.56. The molecule has 1 N–H and O–H groups in total. The number of aromatic nitrogens is 1. The summed E-state index contributed by atoms with van der Waals surface area (Å²) in [6.07, 6.45) is 1.53. The lowest BCUT2D eigenvalue weighted by atomic mass is 10.3. The summed E-state index contributed by atoms with van der Waals surface area (Å²) in [5.41, 5.74) is 0.563. The summed E-state index contributed by atoms with van der Waals surface area (Å²) in [7, 11) is 0. The fourth-order valence-electron chi connectivity index (χ4n) is 1.35. The van der Waals surface area contributed by atoms with E-state index in [2.05, 4.69) is 26.2 Å². The van der Waals surface area contributed by atoms with Crippen LogP contribution in [0, 0.1) is 0 Å². The maximum atomic E-state index is 12.0. The van der Waals surface area contributed by atoms with Gasteiger partial charge in [0.2, 0.25) is 0 Å². The number of nitrogens with one attached hydrogen (secondary N) is 1. The summed E-state index contributed by atoms with van der Waals surface area (Å²) >= 11 is 21.0. The molecule has 2 aromatic rings. The monoisotopic (exact) mass is 378 g/mol. The van der Waals surface area contributed by atoms with Gasteiger partial charge in [-0.1, -0.05) is 34.8 Å². The van der Waals surface area contributed by atoms with Crippen LogP contribution in [-0.4, -0.2) is 10.9 Å². The fraction of sp³-hybridized carbons (Fsp3) is 0. The van der Waals surface area contributed by atoms with Crippen LogP contribution in [0.25, 0.3) is 0 Å². The molecular weight excluding hydrogens is 374 g/mol. The minimum Gasteiger partial charge on any atom is -0.318 e. The van der Waals surface area contributed by atoms with Crippen LogP contribution in [0.3, 0.4) is 0 Å². The summed E-state index contributed by atoms with van der Waals surface area (Å²) in [6.45, 7) is 0. The molecule has 0 unspecified atom stereocenters. The molecular formula is C12H6BrCl3N2O. The summed E-state index contributed by atoms with van der Waals surface area (Å²) in [6, 6.07) is 6.30. The predicted octanol–water partition coefficient (Wildman–Crippen LogP) is 5.06. The van der Waals surface area contributed by atoms with Crippen molar-refractivity contribution in [2.45, 2.75) is 0 Å². The highest BCUT2D eigenvalue weighted by Crippen LogP contribution is 2.33. The number of hydrogen-bond acceptors (Lipinski definition) is 2. The van der Waals surface area contributed by atoms with Crippen LogP contribution < -0.4 is 5.32 Å². The Morgan fingerprint density at radius 3 is 2.32 bits per heavy atom. The molecule has 0 saturated carbocycles. The number of pyridine rings is 1. The molecule has 0 atom stereocenters. The van der Waals surface area contributed by atoms with Crippen LogP contribution in [0.4, 0.5) is 5.69 Å². The number of hydrogen-bond donors (Lipinski definition) is 1. The molecule has 0 aliphatic carbocycles. The molecule has 1 aromatic carbocycles. The first-order valence-corrected chi connectivity index (χ1v) is 6.97. The van der Waals surface area contributed by atoms with Gasteiger partial charge in [-0.05, 0) is 40.2 Å². The largest absolute Gasteiger partial charge is 0.318 e. The Kier molecular flexibility index (Phi) is 4.68. The molecule has 0 aliphatic rings. The molecule has 19 heavy (non-hydrogen) atoms. The second-order valence-corrected chi connectivity index (χ2v) is 5.73. The third kappa shape index (κ3) is 3.60. The van der Waals surface area contributed by atoms with Gasteiger partial charge < -0.3 is 5.32 Å². The number of rotatable bonds is 2. The highest BCUT2D eigenvalue weighted by atomic mass is 79.9. The van der Waals surface area contributed by atoms with Crippen LogP contribution in [0.15, 0.2) is 34.9 Å². The smallest absolute Gasteiger partial charge is 0.274 e. The van der Waals surface area contributed by atoms with E-state index in [-0.39, 0.29) is 15.7 Å². The van der Waals surface area contributed by atoms with Gasteiger partial charge in [0, 0.05) is 15.7 Å². The Balaban J connectivity index is 2.26. The molecule has 0 fully saturated rings. The molecule has 98 valence electrons. The van der Waals surface area contributed by atoms with Gasteiger partial charge in [-0.2, -0.15) is 0 Å². The zero-order valence-corrected chi connectivity index (χ0v) is 13.1. The third-order valence-corrected chi connectivity index (χ3v) is 3.49. The maximum absolute atomic E-state index is 12.0. The van der Waals surface area contributed by atoms with E-state index in [0.717, 1.165) is 4.47 Å². The first-order valence-electron chi connectivity index (χ1n) is 5.05. The van der Waals surface area contributed by atoms with Crippen molar-refractivity contribution in [2.75, 3.05) is 5.32 Å². The van der Waals surface area contributed by atoms with Crippen LogP contribution >= 0.6 is 50.7 Å². The predicted molar refractivity (Wildman–Crippen MR) is 81.4 cm³/mol. The van der Waals surface area contributed by atoms with Crippen molar-refractivity contribution in [1.29, 1.82) is 0 Å². The van der Waals surface area contributed by atoms with E-state index >= 15 is 0 Å². The molecule has 0 aliphatic heterocycles. The van der Waals surface area contributed by atoms with Gasteiger partial charge in [-0.3, -0.25) is 4.79 Å². The SMILES string of the molecule is O=C(Nc1c(Cl)cc(Cl)cc1Cl)c1ccc(Br)cn1. The quantitative estimate of drug-likeness (QED) is 0.792. The van der Waals surface area contributed by atoms with Gasteiger partial charge in [-0.25, -0.2) is 4.98 Å². The lowest BCUT2D eigenvalue weighted by molar-refractivity contribution is 0.102. The summed E-state index contributed by atoms with van der Waals surface area (Å²) < 4.78 is 0.784. The Bertz CT molecular complexity index is 608. The molecule has 0 spiro atoms. The topological polar surface area (TPSA) is 42.0 Å². The Labute approximate surface area is 133 Å². The van der Waals surface area contributed by atoms with Crippen molar-refractivity contribution in [3.63, 3.8) is 0 Å². The number of carbonyl (C=O) groups excluding carboxylic acids is 1. The van der Waals surface area contributed by atoms with E-state index in [0.29, 0.717) is 10.7 Å². The summed E-state index contributed by atoms with van der Waals surface area (Å²) in [5, 5.41) is 3.53. The van der Waals surface area contributed by atoms with E-state index < -0.39 is 5.91 Å². The average molecular weight is 380 g/mol. The second kappa shape index (κ2) is 6.09. The number of anilines is 1. The number of halogens is 4. The average Bonchev–Trinajstić information content (AvgIpc) is 2.34. The van der Waals surface area contributed by atoms with Gasteiger partial charge in [-0.15, -0.1) is 0 Å². The van der Waals surface area contributed by atoms with Gasteiger partial charge >= 0.3 is 0 Å². The minimum atomic E-state index is -0.404. The number of nitrogens with zero attached hydrogens (tertiary/aromatic N) is 1. The maximum Gasteiger partial charge on any atom is 0.274 e. The zero-order valence-electron chi connectivity index (χ0n) is 9.25. The third-order valence-electron chi connectivity index (χ3n) is 2.21. The molecule has 1 heterocycles. The Morgan fingerprint density at radius 1 is 1.16 bits per heavy atom. The van der Waals surface area contributed by atoms with E-state index in [1.165, 1.54) is 18.3 Å². The van der Waals surface area contributed by atoms with Crippen molar-refractivity contribution in [1.82, 2.24) is 4.98 Å². The first kappa shape index (κ1) is 14.6. The van der Waals surface area contributed by atoms with Crippen LogP contribution in [0.2, 0.25) is 15.1 Å². The Morgan fingerprint density at radius 2 is 1.79 bits per heavy atom. The first-order chi connectivity index (χ1) is 8.97. The molecule has 2 rings (SSSR count). The molecule has 3 nitrogen and oxygen atoms in total. The highest BCUT2D eigenvalue weighted by Gasteiger charge is 2.13. The van der Waals surface area contributed by atoms with Crippen LogP contribution in [-0.2, 0) is 0 Å². The van der Waals surface area contributed by atoms with Crippen LogP contribution in [0.1, 0.15) is 10.5 Å². The lowest BCUT2D eigenvalue weighted by Crippen LogP contribution is -2.14. The summed E-state index contributed by atoms with van der Waals surface area (Å²) in [4.78, 5) is 16.0. The van der Waals surface area contributed by atoms with E-state index in [1.54, 1.807) is 12.1 Å². The fourth-order valence-corrected chi connectivity index (χ4v) is 2.50. The lowest BCUT2D eigenvalue weighted by Gasteiger charge is -2.09. The van der Waals surface area contributed by atoms with Crippen LogP contribution in [0.5, 0.6) is 0 Å². The molecule has 1 aromatic heterocycles. The van der Waals surface area contributed by atoms with Crippen molar-refractivity contribution in [3.8, 4) is 0 Å². The minimum absolute atomic E-state index is 0.255. The van der Waals surface area contributed by atoms with Gasteiger partial charge in [0.25, 0.3) is 5.91 Å². The molecule has 7 heteroatoms. The Hall–Kier alpha value is -0.810. The molecule has 0 saturated heterocycles. The van der Waals surface area contributed by atoms with Crippen molar-refractivity contribution in [3.05, 3.63) is 55.7 Å². The highest BCUT2D eigenvalue weighted by molar-refractivity contribution is 9.10. The standard InChI is InChI=1S/C12H6BrCl3N2O/c13-6-1-2-10(17-5-6)12(19)18-11-8(15)3-7(14)4-9(11)16/h1-5H,(H,18,19). The number of benzene rings is 1. The van der Waals surface area contributed by atoms with E-state index in [9.17, 15) is 4.79 Å². The van der Waals surface area contributed by atoms with Crippen molar-refractivity contribution in [2.24, 2.45) is 0 Å². The molecule has 0 bridgehead atoms. The van der Waals surface area contributed by atoms with Gasteiger partial charge in [0.15, 0.2) is 0 Å². The van der Waals surface area contributed by atoms with E-state index in [4.69, 9.17) is 34.8 Å². The van der Waals surface area contributed by atoms with Gasteiger partial charge in [0.1, 0.15) is 5.69 Å². The number of amides is 1. The van der Waals surface area contributed by atoms with Crippen molar-refractivity contribution >= 4 is 62.3 Å². The summed E-state index contributed by atoms with van der Waals surface area (Å²) in [5.74, 6) is -0.404. The normalized spacial score (nSPS) is 10.3. The van der Waals surface area contributed by atoms with Gasteiger partial charge in [0.05, 0.1) is 15.7 Å². The molecule has 1 amide bonds.